The topological polar surface area (TPSA) is 98.7 Å². The summed E-state index contributed by atoms with van der Waals surface area (Å²) in [5.74, 6) is 1.80. The third kappa shape index (κ3) is 3.82. The SMILES string of the molecule is Cc1nc(Cn2nnc(NC(=O)C[C@@H]3C=CCCC3)c2C)no1. The van der Waals surface area contributed by atoms with Crippen molar-refractivity contribution in [2.45, 2.75) is 46.1 Å². The molecule has 1 aliphatic rings. The highest BCUT2D eigenvalue weighted by Crippen LogP contribution is 2.21. The molecule has 0 radical (unpaired) electrons. The van der Waals surface area contributed by atoms with E-state index >= 15 is 0 Å². The average Bonchev–Trinajstić information content (AvgIpc) is 3.09. The highest BCUT2D eigenvalue weighted by atomic mass is 16.5. The number of hydrogen-bond donors (Lipinski definition) is 1. The summed E-state index contributed by atoms with van der Waals surface area (Å²) in [7, 11) is 0. The molecule has 8 nitrogen and oxygen atoms in total. The van der Waals surface area contributed by atoms with E-state index in [0.717, 1.165) is 25.0 Å². The molecule has 0 aromatic carbocycles. The van der Waals surface area contributed by atoms with Crippen molar-refractivity contribution in [3.63, 3.8) is 0 Å². The molecule has 3 rings (SSSR count). The Bertz CT molecular complexity index is 717. The molecule has 1 aliphatic carbocycles. The monoisotopic (exact) mass is 316 g/mol. The number of aryl methyl sites for hydroxylation is 1. The van der Waals surface area contributed by atoms with Crippen LogP contribution in [0, 0.1) is 19.8 Å². The van der Waals surface area contributed by atoms with Crippen molar-refractivity contribution in [2.75, 3.05) is 5.32 Å². The molecule has 8 heteroatoms. The van der Waals surface area contributed by atoms with E-state index in [0.29, 0.717) is 36.4 Å². The lowest BCUT2D eigenvalue weighted by molar-refractivity contribution is -0.116. The first kappa shape index (κ1) is 15.4. The molecule has 0 saturated heterocycles. The van der Waals surface area contributed by atoms with Gasteiger partial charge in [-0.25, -0.2) is 4.68 Å². The van der Waals surface area contributed by atoms with Gasteiger partial charge in [0.2, 0.25) is 11.8 Å². The van der Waals surface area contributed by atoms with Crippen LogP contribution in [0.5, 0.6) is 0 Å². The van der Waals surface area contributed by atoms with E-state index in [1.807, 2.05) is 6.92 Å². The van der Waals surface area contributed by atoms with E-state index in [2.05, 4.69) is 37.9 Å². The smallest absolute Gasteiger partial charge is 0.226 e. The fraction of sp³-hybridized carbons (Fsp3) is 0.533. The number of amides is 1. The maximum absolute atomic E-state index is 12.1. The van der Waals surface area contributed by atoms with Gasteiger partial charge < -0.3 is 9.84 Å². The van der Waals surface area contributed by atoms with Crippen LogP contribution in [0.1, 0.15) is 43.1 Å². The zero-order valence-electron chi connectivity index (χ0n) is 13.3. The largest absolute Gasteiger partial charge is 0.340 e. The van der Waals surface area contributed by atoms with Crippen LogP contribution in [-0.2, 0) is 11.3 Å². The normalized spacial score (nSPS) is 17.4. The van der Waals surface area contributed by atoms with Gasteiger partial charge >= 0.3 is 0 Å². The lowest BCUT2D eigenvalue weighted by Gasteiger charge is -2.15. The molecule has 0 bridgehead atoms. The van der Waals surface area contributed by atoms with E-state index in [-0.39, 0.29) is 5.91 Å². The van der Waals surface area contributed by atoms with Crippen LogP contribution in [0.25, 0.3) is 0 Å². The lowest BCUT2D eigenvalue weighted by Crippen LogP contribution is -2.17. The summed E-state index contributed by atoms with van der Waals surface area (Å²) in [6.07, 6.45) is 8.08. The fourth-order valence-electron chi connectivity index (χ4n) is 2.64. The van der Waals surface area contributed by atoms with E-state index in [1.165, 1.54) is 0 Å². The summed E-state index contributed by atoms with van der Waals surface area (Å²) >= 11 is 0. The van der Waals surface area contributed by atoms with Crippen LogP contribution < -0.4 is 5.32 Å². The summed E-state index contributed by atoms with van der Waals surface area (Å²) in [5.41, 5.74) is 0.764. The van der Waals surface area contributed by atoms with Gasteiger partial charge in [-0.05, 0) is 32.1 Å². The van der Waals surface area contributed by atoms with Crippen LogP contribution in [0.3, 0.4) is 0 Å². The van der Waals surface area contributed by atoms with Crippen LogP contribution >= 0.6 is 0 Å². The quantitative estimate of drug-likeness (QED) is 0.847. The van der Waals surface area contributed by atoms with Gasteiger partial charge in [-0.2, -0.15) is 4.98 Å². The van der Waals surface area contributed by atoms with E-state index in [4.69, 9.17) is 4.52 Å². The van der Waals surface area contributed by atoms with Gasteiger partial charge in [-0.15, -0.1) is 5.10 Å². The average molecular weight is 316 g/mol. The Morgan fingerprint density at radius 1 is 1.48 bits per heavy atom. The molecule has 0 fully saturated rings. The molecule has 2 aromatic heterocycles. The van der Waals surface area contributed by atoms with Crippen LogP contribution in [0.15, 0.2) is 16.7 Å². The van der Waals surface area contributed by atoms with Crippen LogP contribution in [0.4, 0.5) is 5.82 Å². The molecular weight excluding hydrogens is 296 g/mol. The molecule has 2 aromatic rings. The number of allylic oxidation sites excluding steroid dienone is 2. The molecule has 0 saturated carbocycles. The van der Waals surface area contributed by atoms with Crippen LogP contribution in [-0.4, -0.2) is 31.0 Å². The van der Waals surface area contributed by atoms with Crippen molar-refractivity contribution in [3.05, 3.63) is 29.6 Å². The second kappa shape index (κ2) is 6.72. The molecule has 1 N–H and O–H groups in total. The minimum absolute atomic E-state index is 0.0351. The van der Waals surface area contributed by atoms with Crippen molar-refractivity contribution in [3.8, 4) is 0 Å². The van der Waals surface area contributed by atoms with E-state index in [1.54, 1.807) is 11.6 Å². The standard InChI is InChI=1S/C15H20N6O2/c1-10-15(17-14(22)8-12-6-4-3-5-7-12)18-20-21(10)9-13-16-11(2)23-19-13/h4,6,12H,3,5,7-9H2,1-2H3,(H,17,22)/t12-/m1/s1. The minimum atomic E-state index is -0.0351. The zero-order chi connectivity index (χ0) is 16.2. The van der Waals surface area contributed by atoms with Crippen molar-refractivity contribution in [1.82, 2.24) is 25.1 Å². The Balaban J connectivity index is 1.61. The molecule has 1 atom stereocenters. The van der Waals surface area contributed by atoms with Crippen molar-refractivity contribution in [2.24, 2.45) is 5.92 Å². The summed E-state index contributed by atoms with van der Waals surface area (Å²) in [5, 5.41) is 14.7. The van der Waals surface area contributed by atoms with Gasteiger partial charge in [0.25, 0.3) is 0 Å². The summed E-state index contributed by atoms with van der Waals surface area (Å²) in [6, 6.07) is 0. The highest BCUT2D eigenvalue weighted by molar-refractivity contribution is 5.90. The van der Waals surface area contributed by atoms with Crippen molar-refractivity contribution < 1.29 is 9.32 Å². The minimum Gasteiger partial charge on any atom is -0.340 e. The number of hydrogen-bond acceptors (Lipinski definition) is 6. The number of aromatic nitrogens is 5. The first-order valence-corrected chi connectivity index (χ1v) is 7.77. The number of carbonyl (C=O) groups excluding carboxylic acids is 1. The molecule has 0 unspecified atom stereocenters. The van der Waals surface area contributed by atoms with Gasteiger partial charge in [0.15, 0.2) is 11.6 Å². The lowest BCUT2D eigenvalue weighted by atomic mass is 9.93. The fourth-order valence-corrected chi connectivity index (χ4v) is 2.64. The van der Waals surface area contributed by atoms with Gasteiger partial charge in [0.05, 0.1) is 5.69 Å². The molecule has 0 aliphatic heterocycles. The predicted octanol–water partition coefficient (Wildman–Crippen LogP) is 2.01. The Hall–Kier alpha value is -2.51. The summed E-state index contributed by atoms with van der Waals surface area (Å²) < 4.78 is 6.57. The molecule has 122 valence electrons. The van der Waals surface area contributed by atoms with Crippen molar-refractivity contribution >= 4 is 11.7 Å². The number of rotatable bonds is 5. The maximum Gasteiger partial charge on any atom is 0.226 e. The van der Waals surface area contributed by atoms with Crippen LogP contribution in [0.2, 0.25) is 0 Å². The van der Waals surface area contributed by atoms with Gasteiger partial charge in [-0.3, -0.25) is 4.79 Å². The van der Waals surface area contributed by atoms with Crippen molar-refractivity contribution in [1.29, 1.82) is 0 Å². The molecular formula is C15H20N6O2. The third-order valence-corrected chi connectivity index (χ3v) is 3.90. The predicted molar refractivity (Wildman–Crippen MR) is 82.6 cm³/mol. The Morgan fingerprint density at radius 3 is 3.04 bits per heavy atom. The molecule has 1 amide bonds. The molecule has 2 heterocycles. The third-order valence-electron chi connectivity index (χ3n) is 3.90. The number of carbonyl (C=O) groups is 1. The molecule has 0 spiro atoms. The number of nitrogens with one attached hydrogen (secondary N) is 1. The maximum atomic E-state index is 12.1. The Morgan fingerprint density at radius 2 is 2.35 bits per heavy atom. The van der Waals surface area contributed by atoms with Gasteiger partial charge in [0.1, 0.15) is 6.54 Å². The first-order chi connectivity index (χ1) is 11.1. The van der Waals surface area contributed by atoms with E-state index in [9.17, 15) is 4.79 Å². The second-order valence-corrected chi connectivity index (χ2v) is 5.78. The summed E-state index contributed by atoms with van der Waals surface area (Å²) in [4.78, 5) is 16.3. The Kier molecular flexibility index (Phi) is 4.50. The van der Waals surface area contributed by atoms with Gasteiger partial charge in [0, 0.05) is 13.3 Å². The highest BCUT2D eigenvalue weighted by Gasteiger charge is 2.17. The second-order valence-electron chi connectivity index (χ2n) is 5.78. The summed E-state index contributed by atoms with van der Waals surface area (Å²) in [6.45, 7) is 3.94. The van der Waals surface area contributed by atoms with E-state index < -0.39 is 0 Å². The number of anilines is 1. The molecule has 23 heavy (non-hydrogen) atoms. The number of nitrogens with zero attached hydrogens (tertiary/aromatic N) is 5. The Labute approximate surface area is 133 Å². The van der Waals surface area contributed by atoms with Gasteiger partial charge in [-0.1, -0.05) is 22.5 Å². The zero-order valence-corrected chi connectivity index (χ0v) is 13.3. The first-order valence-electron chi connectivity index (χ1n) is 7.77.